The third-order valence-corrected chi connectivity index (χ3v) is 5.31. The van der Waals surface area contributed by atoms with Gasteiger partial charge < -0.3 is 9.30 Å². The highest BCUT2D eigenvalue weighted by Crippen LogP contribution is 2.21. The Labute approximate surface area is 154 Å². The van der Waals surface area contributed by atoms with Crippen LogP contribution in [0, 0.1) is 6.92 Å². The van der Waals surface area contributed by atoms with E-state index in [1.807, 2.05) is 24.3 Å². The van der Waals surface area contributed by atoms with Crippen LogP contribution in [0.3, 0.4) is 0 Å². The van der Waals surface area contributed by atoms with Crippen LogP contribution >= 0.6 is 11.5 Å². The molecule has 0 aliphatic carbocycles. The maximum absolute atomic E-state index is 12.6. The summed E-state index contributed by atoms with van der Waals surface area (Å²) >= 11 is 1.09. The van der Waals surface area contributed by atoms with Gasteiger partial charge in [-0.2, -0.15) is 0 Å². The Bertz CT molecular complexity index is 915. The van der Waals surface area contributed by atoms with E-state index in [1.54, 1.807) is 6.92 Å². The first-order valence-corrected chi connectivity index (χ1v) is 9.35. The van der Waals surface area contributed by atoms with Gasteiger partial charge in [0.25, 0.3) is 5.91 Å². The average Bonchev–Trinajstić information content (AvgIpc) is 3.24. The number of carbonyl (C=O) groups is 1. The number of morpholine rings is 1. The summed E-state index contributed by atoms with van der Waals surface area (Å²) in [6, 6.07) is 7.91. The number of anilines is 1. The lowest BCUT2D eigenvalue weighted by Crippen LogP contribution is -2.38. The van der Waals surface area contributed by atoms with Gasteiger partial charge in [-0.1, -0.05) is 16.6 Å². The molecular weight excluding hydrogens is 352 g/mol. The van der Waals surface area contributed by atoms with Crippen molar-refractivity contribution in [1.29, 1.82) is 0 Å². The van der Waals surface area contributed by atoms with Crippen molar-refractivity contribution in [3.05, 3.63) is 34.8 Å². The molecule has 1 aliphatic rings. The van der Waals surface area contributed by atoms with Gasteiger partial charge in [0, 0.05) is 26.2 Å². The number of hydrogen-bond acceptors (Lipinski definition) is 7. The van der Waals surface area contributed by atoms with Gasteiger partial charge in [0.05, 0.1) is 29.9 Å². The molecule has 1 N–H and O–H groups in total. The summed E-state index contributed by atoms with van der Waals surface area (Å²) in [5, 5.41) is 6.84. The second-order valence-corrected chi connectivity index (χ2v) is 6.93. The minimum Gasteiger partial charge on any atom is -0.379 e. The van der Waals surface area contributed by atoms with E-state index in [0.29, 0.717) is 16.5 Å². The number of aryl methyl sites for hydroxylation is 1. The van der Waals surface area contributed by atoms with Crippen molar-refractivity contribution in [3.63, 3.8) is 0 Å². The highest BCUT2D eigenvalue weighted by Gasteiger charge is 2.19. The number of benzene rings is 1. The number of hydrogen-bond donors (Lipinski definition) is 1. The van der Waals surface area contributed by atoms with E-state index in [-0.39, 0.29) is 5.91 Å². The zero-order chi connectivity index (χ0) is 17.9. The zero-order valence-electron chi connectivity index (χ0n) is 14.5. The number of imidazole rings is 1. The van der Waals surface area contributed by atoms with Gasteiger partial charge >= 0.3 is 0 Å². The topological polar surface area (TPSA) is 85.2 Å². The molecule has 1 aliphatic heterocycles. The Hall–Kier alpha value is -2.36. The van der Waals surface area contributed by atoms with E-state index < -0.39 is 0 Å². The molecule has 26 heavy (non-hydrogen) atoms. The first-order valence-electron chi connectivity index (χ1n) is 8.58. The van der Waals surface area contributed by atoms with Crippen LogP contribution in [0.15, 0.2) is 24.3 Å². The molecular formula is C17H20N6O2S. The third kappa shape index (κ3) is 3.46. The molecule has 3 aromatic rings. The molecule has 0 unspecified atom stereocenters. The minimum absolute atomic E-state index is 0.222. The van der Waals surface area contributed by atoms with Gasteiger partial charge in [0.1, 0.15) is 4.88 Å². The molecule has 0 radical (unpaired) electrons. The number of carbonyl (C=O) groups excluding carboxylic acids is 1. The number of rotatable bonds is 5. The fourth-order valence-electron chi connectivity index (χ4n) is 3.06. The Balaban J connectivity index is 1.58. The predicted molar refractivity (Wildman–Crippen MR) is 99.6 cm³/mol. The summed E-state index contributed by atoms with van der Waals surface area (Å²) in [4.78, 5) is 20.1. The number of aromatic nitrogens is 4. The maximum Gasteiger partial charge on any atom is 0.271 e. The second kappa shape index (κ2) is 7.48. The Morgan fingerprint density at radius 2 is 2.08 bits per heavy atom. The molecule has 1 aromatic carbocycles. The Morgan fingerprint density at radius 1 is 1.27 bits per heavy atom. The van der Waals surface area contributed by atoms with E-state index in [4.69, 9.17) is 4.74 Å². The van der Waals surface area contributed by atoms with E-state index in [2.05, 4.69) is 29.4 Å². The molecule has 0 atom stereocenters. The van der Waals surface area contributed by atoms with Gasteiger partial charge in [0.15, 0.2) is 0 Å². The van der Waals surface area contributed by atoms with Crippen LogP contribution in [0.4, 0.5) is 5.95 Å². The Morgan fingerprint density at radius 3 is 2.85 bits per heavy atom. The van der Waals surface area contributed by atoms with Crippen LogP contribution in [0.25, 0.3) is 11.0 Å². The van der Waals surface area contributed by atoms with E-state index in [1.165, 1.54) is 0 Å². The van der Waals surface area contributed by atoms with Gasteiger partial charge in [-0.25, -0.2) is 4.98 Å². The summed E-state index contributed by atoms with van der Waals surface area (Å²) in [5.41, 5.74) is 2.50. The van der Waals surface area contributed by atoms with Crippen molar-refractivity contribution in [2.75, 3.05) is 38.2 Å². The number of fused-ring (bicyclic) bond motifs is 1. The number of ether oxygens (including phenoxy) is 1. The average molecular weight is 372 g/mol. The molecule has 136 valence electrons. The molecule has 0 bridgehead atoms. The second-order valence-electron chi connectivity index (χ2n) is 6.17. The molecule has 4 rings (SSSR count). The van der Waals surface area contributed by atoms with Crippen LogP contribution in [0.2, 0.25) is 0 Å². The largest absolute Gasteiger partial charge is 0.379 e. The van der Waals surface area contributed by atoms with Gasteiger partial charge in [-0.05, 0) is 30.6 Å². The quantitative estimate of drug-likeness (QED) is 0.735. The van der Waals surface area contributed by atoms with Crippen LogP contribution in [0.5, 0.6) is 0 Å². The summed E-state index contributed by atoms with van der Waals surface area (Å²) in [5.74, 6) is 0.331. The number of nitrogens with zero attached hydrogens (tertiary/aromatic N) is 5. The molecule has 0 spiro atoms. The number of nitrogens with one attached hydrogen (secondary N) is 1. The van der Waals surface area contributed by atoms with E-state index >= 15 is 0 Å². The highest BCUT2D eigenvalue weighted by molar-refractivity contribution is 7.08. The molecule has 0 saturated carbocycles. The molecule has 8 nitrogen and oxygen atoms in total. The zero-order valence-corrected chi connectivity index (χ0v) is 15.3. The molecule has 1 amide bonds. The molecule has 9 heteroatoms. The fraction of sp³-hybridized carbons (Fsp3) is 0.412. The lowest BCUT2D eigenvalue weighted by atomic mass is 10.3. The molecule has 1 saturated heterocycles. The normalized spacial score (nSPS) is 15.4. The Kier molecular flexibility index (Phi) is 4.91. The first-order chi connectivity index (χ1) is 12.7. The van der Waals surface area contributed by atoms with E-state index in [0.717, 1.165) is 62.0 Å². The smallest absolute Gasteiger partial charge is 0.271 e. The number of para-hydroxylation sites is 2. The summed E-state index contributed by atoms with van der Waals surface area (Å²) in [6.45, 7) is 6.81. The monoisotopic (exact) mass is 372 g/mol. The van der Waals surface area contributed by atoms with Crippen LogP contribution in [-0.2, 0) is 11.3 Å². The standard InChI is InChI=1S/C17H20N6O2S/c1-12-15(26-21-20-12)16(24)19-17-18-13-4-2-3-5-14(13)23(17)7-6-22-8-10-25-11-9-22/h2-5H,6-11H2,1H3,(H,18,19,24). The van der Waals surface area contributed by atoms with Gasteiger partial charge in [-0.3, -0.25) is 15.0 Å². The fourth-order valence-corrected chi connectivity index (χ4v) is 3.61. The van der Waals surface area contributed by atoms with Crippen LogP contribution < -0.4 is 5.32 Å². The summed E-state index contributed by atoms with van der Waals surface area (Å²) in [7, 11) is 0. The van der Waals surface area contributed by atoms with Crippen molar-refractivity contribution in [1.82, 2.24) is 24.0 Å². The maximum atomic E-state index is 12.6. The summed E-state index contributed by atoms with van der Waals surface area (Å²) in [6.07, 6.45) is 0. The number of amides is 1. The van der Waals surface area contributed by atoms with Crippen molar-refractivity contribution in [2.45, 2.75) is 13.5 Å². The first kappa shape index (κ1) is 17.1. The lowest BCUT2D eigenvalue weighted by Gasteiger charge is -2.26. The van der Waals surface area contributed by atoms with Crippen LogP contribution in [0.1, 0.15) is 15.4 Å². The van der Waals surface area contributed by atoms with Gasteiger partial charge in [0.2, 0.25) is 5.95 Å². The van der Waals surface area contributed by atoms with Gasteiger partial charge in [-0.15, -0.1) is 5.10 Å². The molecule has 3 heterocycles. The van der Waals surface area contributed by atoms with Crippen molar-refractivity contribution < 1.29 is 9.53 Å². The SMILES string of the molecule is Cc1nnsc1C(=O)Nc1nc2ccccc2n1CCN1CCOCC1. The molecule has 2 aromatic heterocycles. The van der Waals surface area contributed by atoms with Crippen LogP contribution in [-0.4, -0.2) is 62.8 Å². The van der Waals surface area contributed by atoms with Crippen molar-refractivity contribution in [2.24, 2.45) is 0 Å². The minimum atomic E-state index is -0.222. The highest BCUT2D eigenvalue weighted by atomic mass is 32.1. The lowest BCUT2D eigenvalue weighted by molar-refractivity contribution is 0.0366. The third-order valence-electron chi connectivity index (χ3n) is 4.48. The van der Waals surface area contributed by atoms with Crippen molar-refractivity contribution >= 4 is 34.4 Å². The van der Waals surface area contributed by atoms with E-state index in [9.17, 15) is 4.79 Å². The summed E-state index contributed by atoms with van der Waals surface area (Å²) < 4.78 is 11.3. The van der Waals surface area contributed by atoms with Crippen molar-refractivity contribution in [3.8, 4) is 0 Å². The molecule has 1 fully saturated rings. The predicted octanol–water partition coefficient (Wildman–Crippen LogP) is 1.78.